The van der Waals surface area contributed by atoms with Crippen LogP contribution in [0, 0.1) is 6.92 Å². The van der Waals surface area contributed by atoms with Crippen LogP contribution < -0.4 is 0 Å². The lowest BCUT2D eigenvalue weighted by molar-refractivity contribution is -0.131. The molecule has 0 aromatic heterocycles. The molecular weight excluding hydrogens is 329 g/mol. The Bertz CT molecular complexity index is 668. The Morgan fingerprint density at radius 1 is 1.09 bits per heavy atom. The number of amides is 1. The summed E-state index contributed by atoms with van der Waals surface area (Å²) in [5.41, 5.74) is 3.36. The molecule has 122 valence electrons. The maximum atomic E-state index is 12.2. The fourth-order valence-electron chi connectivity index (χ4n) is 2.41. The van der Waals surface area contributed by atoms with Gasteiger partial charge in [0.05, 0.1) is 0 Å². The van der Waals surface area contributed by atoms with Crippen LogP contribution in [0.2, 0.25) is 10.0 Å². The molecule has 0 heterocycles. The molecular formula is C19H21Cl2NO. The number of hydrogen-bond acceptors (Lipinski definition) is 1. The van der Waals surface area contributed by atoms with Gasteiger partial charge in [0, 0.05) is 29.6 Å². The van der Waals surface area contributed by atoms with Gasteiger partial charge < -0.3 is 4.90 Å². The largest absolute Gasteiger partial charge is 0.338 e. The Balaban J connectivity index is 2.06. The van der Waals surface area contributed by atoms with Crippen molar-refractivity contribution in [2.45, 2.75) is 33.2 Å². The minimum absolute atomic E-state index is 0.149. The molecule has 23 heavy (non-hydrogen) atoms. The van der Waals surface area contributed by atoms with E-state index in [1.807, 2.05) is 24.0 Å². The Labute approximate surface area is 148 Å². The number of aryl methyl sites for hydroxylation is 1. The van der Waals surface area contributed by atoms with Crippen LogP contribution in [0.1, 0.15) is 30.0 Å². The first-order valence-corrected chi connectivity index (χ1v) is 8.52. The summed E-state index contributed by atoms with van der Waals surface area (Å²) in [5.74, 6) is 0.149. The van der Waals surface area contributed by atoms with Crippen LogP contribution >= 0.6 is 23.2 Å². The van der Waals surface area contributed by atoms with Crippen molar-refractivity contribution in [1.82, 2.24) is 4.90 Å². The Kier molecular flexibility index (Phi) is 6.49. The number of nitrogens with zero attached hydrogens (tertiary/aromatic N) is 1. The predicted octanol–water partition coefficient (Wildman–Crippen LogP) is 5.28. The maximum absolute atomic E-state index is 12.2. The Hall–Kier alpha value is -1.51. The third-order valence-electron chi connectivity index (χ3n) is 3.82. The second kappa shape index (κ2) is 8.37. The third kappa shape index (κ3) is 5.26. The molecule has 0 aliphatic carbocycles. The van der Waals surface area contributed by atoms with Gasteiger partial charge in [0.1, 0.15) is 0 Å². The van der Waals surface area contributed by atoms with Crippen LogP contribution in [-0.4, -0.2) is 17.4 Å². The first-order chi connectivity index (χ1) is 11.0. The molecule has 0 saturated carbocycles. The molecule has 0 bridgehead atoms. The molecule has 0 saturated heterocycles. The highest BCUT2D eigenvalue weighted by Crippen LogP contribution is 2.22. The van der Waals surface area contributed by atoms with Crippen molar-refractivity contribution in [3.8, 4) is 0 Å². The molecule has 0 fully saturated rings. The summed E-state index contributed by atoms with van der Waals surface area (Å²) < 4.78 is 0. The molecule has 0 aliphatic heterocycles. The van der Waals surface area contributed by atoms with E-state index in [0.717, 1.165) is 11.1 Å². The van der Waals surface area contributed by atoms with Gasteiger partial charge in [-0.05, 0) is 36.6 Å². The van der Waals surface area contributed by atoms with Crippen molar-refractivity contribution in [2.75, 3.05) is 6.54 Å². The molecule has 0 aliphatic rings. The van der Waals surface area contributed by atoms with E-state index in [1.165, 1.54) is 5.56 Å². The summed E-state index contributed by atoms with van der Waals surface area (Å²) in [6.07, 6.45) is 1.22. The Morgan fingerprint density at radius 2 is 1.78 bits per heavy atom. The zero-order valence-corrected chi connectivity index (χ0v) is 15.0. The normalized spacial score (nSPS) is 10.6. The Morgan fingerprint density at radius 3 is 2.39 bits per heavy atom. The molecule has 2 rings (SSSR count). The number of benzene rings is 2. The van der Waals surface area contributed by atoms with Crippen LogP contribution in [0.4, 0.5) is 0 Å². The van der Waals surface area contributed by atoms with E-state index >= 15 is 0 Å². The highest BCUT2D eigenvalue weighted by atomic mass is 35.5. The van der Waals surface area contributed by atoms with Gasteiger partial charge in [0.25, 0.3) is 0 Å². The third-order valence-corrected chi connectivity index (χ3v) is 4.40. The van der Waals surface area contributed by atoms with Gasteiger partial charge in [-0.15, -0.1) is 0 Å². The van der Waals surface area contributed by atoms with Gasteiger partial charge in [-0.2, -0.15) is 0 Å². The van der Waals surface area contributed by atoms with E-state index in [0.29, 0.717) is 36.0 Å². The SMILES string of the molecule is CCC(=O)N(CCc1ccc(Cl)cc1Cl)Cc1ccc(C)cc1. The summed E-state index contributed by atoms with van der Waals surface area (Å²) in [7, 11) is 0. The van der Waals surface area contributed by atoms with E-state index in [9.17, 15) is 4.79 Å². The highest BCUT2D eigenvalue weighted by molar-refractivity contribution is 6.35. The number of carbonyl (C=O) groups is 1. The molecule has 4 heteroatoms. The van der Waals surface area contributed by atoms with Crippen LogP contribution in [-0.2, 0) is 17.8 Å². The first-order valence-electron chi connectivity index (χ1n) is 7.77. The van der Waals surface area contributed by atoms with E-state index < -0.39 is 0 Å². The van der Waals surface area contributed by atoms with Crippen LogP contribution in [0.15, 0.2) is 42.5 Å². The van der Waals surface area contributed by atoms with E-state index in [1.54, 1.807) is 6.07 Å². The number of carbonyl (C=O) groups excluding carboxylic acids is 1. The van der Waals surface area contributed by atoms with Gasteiger partial charge in [0.2, 0.25) is 5.91 Å². The van der Waals surface area contributed by atoms with Crippen molar-refractivity contribution in [2.24, 2.45) is 0 Å². The fourth-order valence-corrected chi connectivity index (χ4v) is 2.91. The molecule has 2 nitrogen and oxygen atoms in total. The molecule has 0 spiro atoms. The summed E-state index contributed by atoms with van der Waals surface area (Å²) in [5, 5.41) is 1.27. The van der Waals surface area contributed by atoms with Crippen molar-refractivity contribution < 1.29 is 4.79 Å². The zero-order valence-electron chi connectivity index (χ0n) is 13.5. The van der Waals surface area contributed by atoms with Crippen molar-refractivity contribution in [1.29, 1.82) is 0 Å². The van der Waals surface area contributed by atoms with Gasteiger partial charge in [-0.25, -0.2) is 0 Å². The van der Waals surface area contributed by atoms with E-state index in [4.69, 9.17) is 23.2 Å². The van der Waals surface area contributed by atoms with Crippen LogP contribution in [0.3, 0.4) is 0 Å². The average molecular weight is 350 g/mol. The molecule has 2 aromatic carbocycles. The average Bonchev–Trinajstić information content (AvgIpc) is 2.54. The number of halogens is 2. The molecule has 0 radical (unpaired) electrons. The van der Waals surface area contributed by atoms with Gasteiger partial charge in [0.15, 0.2) is 0 Å². The quantitative estimate of drug-likeness (QED) is 0.694. The monoisotopic (exact) mass is 349 g/mol. The molecule has 1 amide bonds. The zero-order chi connectivity index (χ0) is 16.8. The topological polar surface area (TPSA) is 20.3 Å². The second-order valence-electron chi connectivity index (χ2n) is 5.64. The lowest BCUT2D eigenvalue weighted by atomic mass is 10.1. The van der Waals surface area contributed by atoms with Crippen molar-refractivity contribution >= 4 is 29.1 Å². The summed E-state index contributed by atoms with van der Waals surface area (Å²) >= 11 is 12.1. The van der Waals surface area contributed by atoms with Gasteiger partial charge >= 0.3 is 0 Å². The molecule has 0 atom stereocenters. The number of rotatable bonds is 6. The summed E-state index contributed by atoms with van der Waals surface area (Å²) in [6, 6.07) is 13.8. The van der Waals surface area contributed by atoms with Crippen LogP contribution in [0.25, 0.3) is 0 Å². The van der Waals surface area contributed by atoms with E-state index in [2.05, 4.69) is 31.2 Å². The van der Waals surface area contributed by atoms with Crippen molar-refractivity contribution in [3.63, 3.8) is 0 Å². The molecule has 0 N–H and O–H groups in total. The van der Waals surface area contributed by atoms with Gasteiger partial charge in [-0.1, -0.05) is 66.0 Å². The highest BCUT2D eigenvalue weighted by Gasteiger charge is 2.13. The van der Waals surface area contributed by atoms with Gasteiger partial charge in [-0.3, -0.25) is 4.79 Å². The van der Waals surface area contributed by atoms with Crippen molar-refractivity contribution in [3.05, 3.63) is 69.2 Å². The minimum atomic E-state index is 0.149. The second-order valence-corrected chi connectivity index (χ2v) is 6.48. The lowest BCUT2D eigenvalue weighted by Crippen LogP contribution is -2.31. The lowest BCUT2D eigenvalue weighted by Gasteiger charge is -2.23. The van der Waals surface area contributed by atoms with E-state index in [-0.39, 0.29) is 5.91 Å². The molecule has 2 aromatic rings. The maximum Gasteiger partial charge on any atom is 0.222 e. The first kappa shape index (κ1) is 17.8. The smallest absolute Gasteiger partial charge is 0.222 e. The van der Waals surface area contributed by atoms with Crippen LogP contribution in [0.5, 0.6) is 0 Å². The number of hydrogen-bond donors (Lipinski definition) is 0. The molecule has 0 unspecified atom stereocenters. The minimum Gasteiger partial charge on any atom is -0.338 e. The predicted molar refractivity (Wildman–Crippen MR) is 97.1 cm³/mol. The summed E-state index contributed by atoms with van der Waals surface area (Å²) in [6.45, 7) is 5.21. The fraction of sp³-hybridized carbons (Fsp3) is 0.316. The standard InChI is InChI=1S/C19H21Cl2NO/c1-3-19(23)22(13-15-6-4-14(2)5-7-15)11-10-16-8-9-17(20)12-18(16)21/h4-9,12H,3,10-11,13H2,1-2H3. The summed E-state index contributed by atoms with van der Waals surface area (Å²) in [4.78, 5) is 14.1.